The Kier molecular flexibility index (Phi) is 3.02. The third-order valence-corrected chi connectivity index (χ3v) is 5.69. The molecule has 0 fully saturated rings. The van der Waals surface area contributed by atoms with Gasteiger partial charge in [-0.2, -0.15) is 0 Å². The first-order chi connectivity index (χ1) is 10.3. The maximum absolute atomic E-state index is 12.2. The number of hydrogen-bond donors (Lipinski definition) is 1. The highest BCUT2D eigenvalue weighted by Gasteiger charge is 2.14. The van der Waals surface area contributed by atoms with Crippen molar-refractivity contribution in [1.29, 1.82) is 0 Å². The normalized spacial score (nSPS) is 11.2. The van der Waals surface area contributed by atoms with Crippen LogP contribution in [-0.4, -0.2) is 5.91 Å². The van der Waals surface area contributed by atoms with Gasteiger partial charge in [-0.3, -0.25) is 4.79 Å². The summed E-state index contributed by atoms with van der Waals surface area (Å²) < 4.78 is 8.84. The Morgan fingerprint density at radius 3 is 2.86 bits per heavy atom. The lowest BCUT2D eigenvalue weighted by Gasteiger charge is -2.00. The van der Waals surface area contributed by atoms with Gasteiger partial charge in [-0.05, 0) is 24.3 Å². The molecule has 0 radical (unpaired) electrons. The molecule has 104 valence electrons. The Morgan fingerprint density at radius 1 is 1.10 bits per heavy atom. The number of amides is 1. The summed E-state index contributed by atoms with van der Waals surface area (Å²) in [4.78, 5) is 12.9. The van der Waals surface area contributed by atoms with Gasteiger partial charge < -0.3 is 9.73 Å². The second-order valence-corrected chi connectivity index (χ2v) is 6.80. The van der Waals surface area contributed by atoms with Crippen LogP contribution in [0.1, 0.15) is 15.4 Å². The van der Waals surface area contributed by atoms with E-state index in [0.29, 0.717) is 6.54 Å². The molecule has 0 aliphatic carbocycles. The van der Waals surface area contributed by atoms with E-state index in [0.717, 1.165) is 10.6 Å². The Labute approximate surface area is 128 Å². The predicted molar refractivity (Wildman–Crippen MR) is 87.1 cm³/mol. The van der Waals surface area contributed by atoms with Gasteiger partial charge in [0.15, 0.2) is 0 Å². The van der Waals surface area contributed by atoms with Crippen LogP contribution in [0.5, 0.6) is 0 Å². The summed E-state index contributed by atoms with van der Waals surface area (Å²) in [5.74, 6) is 0.705. The molecule has 0 aliphatic rings. The third-order valence-electron chi connectivity index (χ3n) is 3.28. The quantitative estimate of drug-likeness (QED) is 0.599. The number of nitrogens with one attached hydrogen (secondary N) is 1. The number of thiophene rings is 2. The molecule has 0 saturated heterocycles. The topological polar surface area (TPSA) is 42.2 Å². The molecule has 0 saturated carbocycles. The van der Waals surface area contributed by atoms with Crippen LogP contribution in [0.3, 0.4) is 0 Å². The van der Waals surface area contributed by atoms with Crippen molar-refractivity contribution in [2.24, 2.45) is 0 Å². The first-order valence-electron chi connectivity index (χ1n) is 6.53. The van der Waals surface area contributed by atoms with E-state index < -0.39 is 0 Å². The minimum absolute atomic E-state index is 0.0520. The van der Waals surface area contributed by atoms with E-state index >= 15 is 0 Å². The summed E-state index contributed by atoms with van der Waals surface area (Å²) in [6.07, 6.45) is 1.61. The molecule has 0 aliphatic heterocycles. The van der Waals surface area contributed by atoms with Crippen molar-refractivity contribution in [3.05, 3.63) is 59.4 Å². The van der Waals surface area contributed by atoms with Gasteiger partial charge in [0.2, 0.25) is 0 Å². The molecule has 3 nitrogen and oxygen atoms in total. The van der Waals surface area contributed by atoms with Crippen LogP contribution >= 0.6 is 22.7 Å². The molecule has 3 aromatic heterocycles. The van der Waals surface area contributed by atoms with Crippen LogP contribution in [0.25, 0.3) is 19.5 Å². The molecule has 3 heterocycles. The molecular formula is C16H11NO2S2. The Bertz CT molecular complexity index is 918. The van der Waals surface area contributed by atoms with Gasteiger partial charge in [0.05, 0.1) is 22.4 Å². The fourth-order valence-electron chi connectivity index (χ4n) is 2.28. The van der Waals surface area contributed by atoms with Crippen LogP contribution in [0.4, 0.5) is 0 Å². The van der Waals surface area contributed by atoms with Gasteiger partial charge in [0.25, 0.3) is 5.91 Å². The average Bonchev–Trinajstić information content (AvgIpc) is 3.20. The van der Waals surface area contributed by atoms with E-state index in [1.54, 1.807) is 28.9 Å². The minimum Gasteiger partial charge on any atom is -0.467 e. The van der Waals surface area contributed by atoms with Gasteiger partial charge in [-0.15, -0.1) is 22.7 Å². The summed E-state index contributed by atoms with van der Waals surface area (Å²) in [6, 6.07) is 13.9. The molecule has 0 atom stereocenters. The number of hydrogen-bond acceptors (Lipinski definition) is 4. The first kappa shape index (κ1) is 12.6. The van der Waals surface area contributed by atoms with Gasteiger partial charge in [0.1, 0.15) is 5.76 Å². The smallest absolute Gasteiger partial charge is 0.261 e. The summed E-state index contributed by atoms with van der Waals surface area (Å²) >= 11 is 3.27. The number of fused-ring (bicyclic) bond motifs is 3. The van der Waals surface area contributed by atoms with Crippen LogP contribution < -0.4 is 5.32 Å². The molecule has 21 heavy (non-hydrogen) atoms. The SMILES string of the molecule is O=C(NCc1ccco1)c1cc2sc3ccccc3c2s1. The lowest BCUT2D eigenvalue weighted by molar-refractivity contribution is 0.0952. The zero-order chi connectivity index (χ0) is 14.2. The van der Waals surface area contributed by atoms with Crippen molar-refractivity contribution in [2.75, 3.05) is 0 Å². The lowest BCUT2D eigenvalue weighted by Crippen LogP contribution is -2.21. The molecule has 4 aromatic rings. The summed E-state index contributed by atoms with van der Waals surface area (Å²) in [5, 5.41) is 4.11. The van der Waals surface area contributed by atoms with Crippen molar-refractivity contribution >= 4 is 48.1 Å². The summed E-state index contributed by atoms with van der Waals surface area (Å²) in [6.45, 7) is 0.415. The Morgan fingerprint density at radius 2 is 2.00 bits per heavy atom. The number of benzene rings is 1. The fraction of sp³-hybridized carbons (Fsp3) is 0.0625. The van der Waals surface area contributed by atoms with Crippen LogP contribution in [0.15, 0.2) is 53.1 Å². The van der Waals surface area contributed by atoms with Crippen molar-refractivity contribution in [1.82, 2.24) is 5.32 Å². The second kappa shape index (κ2) is 5.02. The van der Waals surface area contributed by atoms with Crippen molar-refractivity contribution in [2.45, 2.75) is 6.54 Å². The lowest BCUT2D eigenvalue weighted by atomic mass is 10.2. The number of carbonyl (C=O) groups is 1. The molecular weight excluding hydrogens is 302 g/mol. The molecule has 1 aromatic carbocycles. The molecule has 0 unspecified atom stereocenters. The maximum Gasteiger partial charge on any atom is 0.261 e. The number of furan rings is 1. The van der Waals surface area contributed by atoms with Crippen LogP contribution in [0.2, 0.25) is 0 Å². The largest absolute Gasteiger partial charge is 0.467 e. The van der Waals surface area contributed by atoms with Crippen molar-refractivity contribution in [3.63, 3.8) is 0 Å². The first-order valence-corrected chi connectivity index (χ1v) is 8.16. The summed E-state index contributed by atoms with van der Waals surface area (Å²) in [7, 11) is 0. The third kappa shape index (κ3) is 2.24. The standard InChI is InChI=1S/C16H11NO2S2/c18-16(17-9-10-4-3-7-19-10)14-8-13-15(21-14)11-5-1-2-6-12(11)20-13/h1-8H,9H2,(H,17,18). The second-order valence-electron chi connectivity index (χ2n) is 4.66. The van der Waals surface area contributed by atoms with Gasteiger partial charge in [-0.25, -0.2) is 0 Å². The number of rotatable bonds is 3. The average molecular weight is 313 g/mol. The Balaban J connectivity index is 1.62. The van der Waals surface area contributed by atoms with E-state index in [-0.39, 0.29) is 5.91 Å². The van der Waals surface area contributed by atoms with Crippen LogP contribution in [0, 0.1) is 0 Å². The van der Waals surface area contributed by atoms with E-state index in [4.69, 9.17) is 4.42 Å². The van der Waals surface area contributed by atoms with Gasteiger partial charge >= 0.3 is 0 Å². The van der Waals surface area contributed by atoms with Crippen LogP contribution in [-0.2, 0) is 6.54 Å². The Hall–Kier alpha value is -2.11. The van der Waals surface area contributed by atoms with Crippen molar-refractivity contribution < 1.29 is 9.21 Å². The molecule has 1 N–H and O–H groups in total. The maximum atomic E-state index is 12.2. The molecule has 0 bridgehead atoms. The summed E-state index contributed by atoms with van der Waals surface area (Å²) in [5.41, 5.74) is 0. The molecule has 5 heteroatoms. The minimum atomic E-state index is -0.0520. The monoisotopic (exact) mass is 313 g/mol. The fourth-order valence-corrected chi connectivity index (χ4v) is 4.72. The zero-order valence-corrected chi connectivity index (χ0v) is 12.6. The number of carbonyl (C=O) groups excluding carboxylic acids is 1. The van der Waals surface area contributed by atoms with Gasteiger partial charge in [0, 0.05) is 14.8 Å². The predicted octanol–water partition coefficient (Wildman–Crippen LogP) is 4.64. The van der Waals surface area contributed by atoms with E-state index in [1.807, 2.05) is 30.3 Å². The molecule has 4 rings (SSSR count). The van der Waals surface area contributed by atoms with E-state index in [9.17, 15) is 4.79 Å². The highest BCUT2D eigenvalue weighted by molar-refractivity contribution is 7.33. The van der Waals surface area contributed by atoms with Crippen molar-refractivity contribution in [3.8, 4) is 0 Å². The highest BCUT2D eigenvalue weighted by atomic mass is 32.1. The molecule has 1 amide bonds. The zero-order valence-electron chi connectivity index (χ0n) is 11.0. The van der Waals surface area contributed by atoms with Gasteiger partial charge in [-0.1, -0.05) is 18.2 Å². The van der Waals surface area contributed by atoms with E-state index in [1.165, 1.54) is 19.5 Å². The molecule has 0 spiro atoms. The highest BCUT2D eigenvalue weighted by Crippen LogP contribution is 2.39. The van der Waals surface area contributed by atoms with E-state index in [2.05, 4.69) is 17.4 Å².